The van der Waals surface area contributed by atoms with Gasteiger partial charge in [0.2, 0.25) is 0 Å². The molecule has 2 rings (SSSR count). The van der Waals surface area contributed by atoms with Gasteiger partial charge in [0.25, 0.3) is 0 Å². The Balaban J connectivity index is 1.71. The minimum Gasteiger partial charge on any atom is -0.379 e. The third-order valence-electron chi connectivity index (χ3n) is 2.16. The average molecular weight is 158 g/mol. The second-order valence-electron chi connectivity index (χ2n) is 3.11. The van der Waals surface area contributed by atoms with Crippen molar-refractivity contribution in [2.24, 2.45) is 0 Å². The molecule has 2 atom stereocenters. The van der Waals surface area contributed by atoms with Gasteiger partial charge in [-0.05, 0) is 12.8 Å². The van der Waals surface area contributed by atoms with Crippen LogP contribution < -0.4 is 0 Å². The maximum Gasteiger partial charge on any atom is 0.0835 e. The van der Waals surface area contributed by atoms with E-state index in [4.69, 9.17) is 14.2 Å². The van der Waals surface area contributed by atoms with Crippen LogP contribution in [0.25, 0.3) is 0 Å². The predicted molar refractivity (Wildman–Crippen MR) is 39.5 cm³/mol. The number of rotatable bonds is 2. The average Bonchev–Trinajstić information content (AvgIpc) is 2.60. The summed E-state index contributed by atoms with van der Waals surface area (Å²) in [6.45, 7) is 3.27. The lowest BCUT2D eigenvalue weighted by molar-refractivity contribution is -0.0186. The molecule has 2 aliphatic rings. The fraction of sp³-hybridized carbons (Fsp3) is 1.00. The molecular weight excluding hydrogens is 144 g/mol. The van der Waals surface area contributed by atoms with Gasteiger partial charge in [-0.15, -0.1) is 0 Å². The van der Waals surface area contributed by atoms with Crippen LogP contribution in [0.3, 0.4) is 0 Å². The van der Waals surface area contributed by atoms with E-state index in [2.05, 4.69) is 0 Å². The third kappa shape index (κ3) is 1.92. The lowest BCUT2D eigenvalue weighted by atomic mass is 10.3. The summed E-state index contributed by atoms with van der Waals surface area (Å²) in [7, 11) is 0. The van der Waals surface area contributed by atoms with Crippen LogP contribution in [0.5, 0.6) is 0 Å². The van der Waals surface area contributed by atoms with Crippen molar-refractivity contribution < 1.29 is 14.2 Å². The molecule has 0 amide bonds. The van der Waals surface area contributed by atoms with E-state index in [-0.39, 0.29) is 0 Å². The molecule has 64 valence electrons. The molecule has 2 fully saturated rings. The molecule has 0 aromatic carbocycles. The van der Waals surface area contributed by atoms with Crippen LogP contribution >= 0.6 is 0 Å². The van der Waals surface area contributed by atoms with Gasteiger partial charge in [-0.2, -0.15) is 0 Å². The molecule has 3 heteroatoms. The second-order valence-corrected chi connectivity index (χ2v) is 3.11. The summed E-state index contributed by atoms with van der Waals surface area (Å²) in [5.74, 6) is 0. The standard InChI is InChI=1S/C8H14O3/c1-3-9-5-7(1)11-8-2-4-10-6-8/h7-8H,1-6H2/t7-,8-/m0/s1. The molecule has 0 spiro atoms. The van der Waals surface area contributed by atoms with E-state index in [1.54, 1.807) is 0 Å². The van der Waals surface area contributed by atoms with Crippen LogP contribution in [-0.2, 0) is 14.2 Å². The summed E-state index contributed by atoms with van der Waals surface area (Å²) in [4.78, 5) is 0. The van der Waals surface area contributed by atoms with Crippen molar-refractivity contribution in [2.75, 3.05) is 26.4 Å². The largest absolute Gasteiger partial charge is 0.379 e. The van der Waals surface area contributed by atoms with Gasteiger partial charge in [0.15, 0.2) is 0 Å². The molecule has 3 nitrogen and oxygen atoms in total. The van der Waals surface area contributed by atoms with Crippen molar-refractivity contribution in [3.63, 3.8) is 0 Å². The van der Waals surface area contributed by atoms with Crippen molar-refractivity contribution in [3.05, 3.63) is 0 Å². The molecule has 0 radical (unpaired) electrons. The van der Waals surface area contributed by atoms with Crippen molar-refractivity contribution in [2.45, 2.75) is 25.0 Å². The molecule has 0 bridgehead atoms. The van der Waals surface area contributed by atoms with E-state index in [0.717, 1.165) is 39.3 Å². The predicted octanol–water partition coefficient (Wildman–Crippen LogP) is 0.581. The normalized spacial score (nSPS) is 38.2. The summed E-state index contributed by atoms with van der Waals surface area (Å²) in [5, 5.41) is 0. The SMILES string of the molecule is C1C[C@H](O[C@H]2CCOC2)CO1. The van der Waals surface area contributed by atoms with E-state index in [1.165, 1.54) is 0 Å². The molecular formula is C8H14O3. The highest BCUT2D eigenvalue weighted by molar-refractivity contribution is 4.69. The van der Waals surface area contributed by atoms with E-state index in [1.807, 2.05) is 0 Å². The molecule has 11 heavy (non-hydrogen) atoms. The van der Waals surface area contributed by atoms with E-state index in [0.29, 0.717) is 12.2 Å². The Kier molecular flexibility index (Phi) is 2.41. The molecule has 2 aliphatic heterocycles. The Morgan fingerprint density at radius 3 is 1.82 bits per heavy atom. The minimum atomic E-state index is 0.335. The summed E-state index contributed by atoms with van der Waals surface area (Å²) in [6, 6.07) is 0. The highest BCUT2D eigenvalue weighted by atomic mass is 16.6. The fourth-order valence-corrected chi connectivity index (χ4v) is 1.51. The molecule has 0 N–H and O–H groups in total. The summed E-state index contributed by atoms with van der Waals surface area (Å²) in [5.41, 5.74) is 0. The Hall–Kier alpha value is -0.120. The van der Waals surface area contributed by atoms with Crippen molar-refractivity contribution in [3.8, 4) is 0 Å². The summed E-state index contributed by atoms with van der Waals surface area (Å²) >= 11 is 0. The third-order valence-corrected chi connectivity index (χ3v) is 2.16. The van der Waals surface area contributed by atoms with Crippen LogP contribution in [0.1, 0.15) is 12.8 Å². The van der Waals surface area contributed by atoms with Crippen molar-refractivity contribution >= 4 is 0 Å². The zero-order valence-electron chi connectivity index (χ0n) is 6.62. The van der Waals surface area contributed by atoms with Crippen LogP contribution in [0.2, 0.25) is 0 Å². The quantitative estimate of drug-likeness (QED) is 0.588. The lowest BCUT2D eigenvalue weighted by Crippen LogP contribution is -2.22. The summed E-state index contributed by atoms with van der Waals surface area (Å²) in [6.07, 6.45) is 2.77. The van der Waals surface area contributed by atoms with Gasteiger partial charge in [0.05, 0.1) is 25.4 Å². The maximum atomic E-state index is 5.72. The van der Waals surface area contributed by atoms with E-state index < -0.39 is 0 Å². The monoisotopic (exact) mass is 158 g/mol. The molecule has 0 saturated carbocycles. The molecule has 2 saturated heterocycles. The number of ether oxygens (including phenoxy) is 3. The van der Waals surface area contributed by atoms with Gasteiger partial charge in [-0.1, -0.05) is 0 Å². The molecule has 0 aliphatic carbocycles. The number of hydrogen-bond acceptors (Lipinski definition) is 3. The Morgan fingerprint density at radius 2 is 1.45 bits per heavy atom. The first-order valence-electron chi connectivity index (χ1n) is 4.26. The first kappa shape index (κ1) is 7.53. The van der Waals surface area contributed by atoms with Gasteiger partial charge in [0.1, 0.15) is 0 Å². The summed E-state index contributed by atoms with van der Waals surface area (Å²) < 4.78 is 16.1. The molecule has 0 aromatic heterocycles. The smallest absolute Gasteiger partial charge is 0.0835 e. The minimum absolute atomic E-state index is 0.335. The topological polar surface area (TPSA) is 27.7 Å². The van der Waals surface area contributed by atoms with E-state index in [9.17, 15) is 0 Å². The Morgan fingerprint density at radius 1 is 0.909 bits per heavy atom. The van der Waals surface area contributed by atoms with Crippen molar-refractivity contribution in [1.82, 2.24) is 0 Å². The van der Waals surface area contributed by atoms with Crippen LogP contribution in [-0.4, -0.2) is 38.6 Å². The molecule has 0 aromatic rings. The van der Waals surface area contributed by atoms with Gasteiger partial charge in [0, 0.05) is 13.2 Å². The zero-order valence-corrected chi connectivity index (χ0v) is 6.62. The van der Waals surface area contributed by atoms with Gasteiger partial charge < -0.3 is 14.2 Å². The highest BCUT2D eigenvalue weighted by Gasteiger charge is 2.23. The molecule has 0 unspecified atom stereocenters. The first-order valence-corrected chi connectivity index (χ1v) is 4.26. The first-order chi connectivity index (χ1) is 5.45. The zero-order chi connectivity index (χ0) is 7.52. The van der Waals surface area contributed by atoms with Crippen LogP contribution in [0, 0.1) is 0 Å². The van der Waals surface area contributed by atoms with Gasteiger partial charge in [-0.25, -0.2) is 0 Å². The van der Waals surface area contributed by atoms with Crippen LogP contribution in [0.4, 0.5) is 0 Å². The van der Waals surface area contributed by atoms with Crippen LogP contribution in [0.15, 0.2) is 0 Å². The fourth-order valence-electron chi connectivity index (χ4n) is 1.51. The highest BCUT2D eigenvalue weighted by Crippen LogP contribution is 2.15. The van der Waals surface area contributed by atoms with Gasteiger partial charge >= 0.3 is 0 Å². The number of hydrogen-bond donors (Lipinski definition) is 0. The Bertz CT molecular complexity index is 101. The molecule has 2 heterocycles. The van der Waals surface area contributed by atoms with E-state index >= 15 is 0 Å². The van der Waals surface area contributed by atoms with Gasteiger partial charge in [-0.3, -0.25) is 0 Å². The second kappa shape index (κ2) is 3.52. The maximum absolute atomic E-state index is 5.72. The Labute approximate surface area is 66.6 Å². The lowest BCUT2D eigenvalue weighted by Gasteiger charge is -2.14. The van der Waals surface area contributed by atoms with Crippen molar-refractivity contribution in [1.29, 1.82) is 0 Å².